The Bertz CT molecular complexity index is 1150. The van der Waals surface area contributed by atoms with Crippen LogP contribution < -0.4 is 33.2 Å². The van der Waals surface area contributed by atoms with E-state index in [4.69, 9.17) is 17.2 Å². The topological polar surface area (TPSA) is 203 Å². The number of phenols is 1. The number of carbonyl (C=O) groups is 4. The Hall–Kier alpha value is -3.42. The summed E-state index contributed by atoms with van der Waals surface area (Å²) in [4.78, 5) is 51.5. The molecule has 4 atom stereocenters. The van der Waals surface area contributed by atoms with Crippen molar-refractivity contribution >= 4 is 52.8 Å². The third-order valence-corrected chi connectivity index (χ3v) is 8.40. The van der Waals surface area contributed by atoms with Crippen LogP contribution in [0.2, 0.25) is 0 Å². The molecular weight excluding hydrogens is 540 g/mol. The molecule has 0 aliphatic carbocycles. The number of nitrogen functional groups attached to an aromatic ring is 1. The molecule has 0 unspecified atom stereocenters. The summed E-state index contributed by atoms with van der Waals surface area (Å²) in [7, 11) is 0. The van der Waals surface area contributed by atoms with Crippen molar-refractivity contribution in [1.82, 2.24) is 16.0 Å². The summed E-state index contributed by atoms with van der Waals surface area (Å²) in [5, 5.41) is 17.6. The molecule has 1 saturated heterocycles. The highest BCUT2D eigenvalue weighted by molar-refractivity contribution is 8.03. The Kier molecular flexibility index (Phi) is 11.3. The second kappa shape index (κ2) is 14.7. The van der Waals surface area contributed by atoms with Crippen LogP contribution in [0, 0.1) is 0 Å². The van der Waals surface area contributed by atoms with Crippen LogP contribution in [0.5, 0.6) is 5.75 Å². The van der Waals surface area contributed by atoms with Gasteiger partial charge in [-0.2, -0.15) is 23.5 Å². The van der Waals surface area contributed by atoms with Crippen molar-refractivity contribution in [3.8, 4) is 5.75 Å². The highest BCUT2D eigenvalue weighted by Gasteiger charge is 2.30. The van der Waals surface area contributed by atoms with Gasteiger partial charge in [0.1, 0.15) is 23.9 Å². The van der Waals surface area contributed by atoms with Crippen LogP contribution in [0.25, 0.3) is 0 Å². The minimum atomic E-state index is -1.04. The van der Waals surface area contributed by atoms with Crippen LogP contribution in [-0.4, -0.2) is 75.9 Å². The molecule has 1 fully saturated rings. The number of hydrogen-bond acceptors (Lipinski definition) is 9. The van der Waals surface area contributed by atoms with Crippen molar-refractivity contribution in [2.45, 2.75) is 37.0 Å². The van der Waals surface area contributed by atoms with Crippen LogP contribution in [0.4, 0.5) is 5.69 Å². The van der Waals surface area contributed by atoms with Gasteiger partial charge >= 0.3 is 0 Å². The summed E-state index contributed by atoms with van der Waals surface area (Å²) in [5.74, 6) is -0.320. The smallest absolute Gasteiger partial charge is 0.244 e. The predicted octanol–water partition coefficient (Wildman–Crippen LogP) is -0.493. The Morgan fingerprint density at radius 3 is 2.21 bits per heavy atom. The first kappa shape index (κ1) is 30.1. The molecule has 1 aliphatic rings. The Morgan fingerprint density at radius 1 is 0.949 bits per heavy atom. The maximum atomic E-state index is 13.4. The number of amides is 4. The van der Waals surface area contributed by atoms with Crippen LogP contribution in [0.15, 0.2) is 48.5 Å². The number of nitrogens with one attached hydrogen (secondary N) is 3. The fourth-order valence-electron chi connectivity index (χ4n) is 3.80. The van der Waals surface area contributed by atoms with E-state index >= 15 is 0 Å². The van der Waals surface area contributed by atoms with Crippen molar-refractivity contribution in [2.75, 3.05) is 28.7 Å². The van der Waals surface area contributed by atoms with E-state index in [0.29, 0.717) is 22.9 Å². The number of benzene rings is 2. The maximum absolute atomic E-state index is 13.4. The van der Waals surface area contributed by atoms with E-state index in [1.807, 2.05) is 0 Å². The first-order valence-electron chi connectivity index (χ1n) is 12.4. The zero-order valence-electron chi connectivity index (χ0n) is 21.3. The molecule has 3 rings (SSSR count). The molecule has 1 heterocycles. The monoisotopic (exact) mass is 574 g/mol. The molecule has 0 saturated carbocycles. The quantitative estimate of drug-likeness (QED) is 0.213. The lowest BCUT2D eigenvalue weighted by Crippen LogP contribution is -2.59. The zero-order chi connectivity index (χ0) is 28.4. The number of thioether (sulfide) groups is 2. The van der Waals surface area contributed by atoms with Crippen LogP contribution in [0.3, 0.4) is 0 Å². The largest absolute Gasteiger partial charge is 0.508 e. The maximum Gasteiger partial charge on any atom is 0.244 e. The highest BCUT2D eigenvalue weighted by Crippen LogP contribution is 2.14. The molecule has 1 aliphatic heterocycles. The van der Waals surface area contributed by atoms with Gasteiger partial charge in [0, 0.05) is 35.1 Å². The van der Waals surface area contributed by atoms with Gasteiger partial charge in [0.25, 0.3) is 0 Å². The lowest BCUT2D eigenvalue weighted by Gasteiger charge is -2.25. The fourth-order valence-corrected chi connectivity index (χ4v) is 6.03. The first-order valence-corrected chi connectivity index (χ1v) is 14.7. The van der Waals surface area contributed by atoms with Gasteiger partial charge in [0.05, 0.1) is 6.04 Å². The molecule has 0 aromatic heterocycles. The second-order valence-electron chi connectivity index (χ2n) is 9.16. The van der Waals surface area contributed by atoms with Gasteiger partial charge in [-0.05, 0) is 41.8 Å². The number of carbonyl (C=O) groups excluding carboxylic acids is 4. The molecule has 13 heteroatoms. The highest BCUT2D eigenvalue weighted by atomic mass is 32.2. The average molecular weight is 575 g/mol. The Morgan fingerprint density at radius 2 is 1.56 bits per heavy atom. The van der Waals surface area contributed by atoms with Crippen LogP contribution >= 0.6 is 23.5 Å². The molecule has 0 radical (unpaired) electrons. The molecule has 11 nitrogen and oxygen atoms in total. The zero-order valence-corrected chi connectivity index (χ0v) is 22.9. The lowest BCUT2D eigenvalue weighted by molar-refractivity contribution is -0.133. The third-order valence-electron chi connectivity index (χ3n) is 6.02. The predicted molar refractivity (Wildman–Crippen MR) is 154 cm³/mol. The van der Waals surface area contributed by atoms with Gasteiger partial charge < -0.3 is 38.3 Å². The van der Waals surface area contributed by atoms with Crippen LogP contribution in [0.1, 0.15) is 11.1 Å². The number of hydrogen-bond donors (Lipinski definition) is 7. The number of aromatic hydroxyl groups is 1. The van der Waals surface area contributed by atoms with Gasteiger partial charge in [0.2, 0.25) is 23.6 Å². The average Bonchev–Trinajstić information content (AvgIpc) is 2.91. The van der Waals surface area contributed by atoms with E-state index in [-0.39, 0.29) is 24.3 Å². The van der Waals surface area contributed by atoms with Crippen molar-refractivity contribution in [1.29, 1.82) is 0 Å². The summed E-state index contributed by atoms with van der Waals surface area (Å²) < 4.78 is 0. The molecule has 4 amide bonds. The summed E-state index contributed by atoms with van der Waals surface area (Å²) >= 11 is 2.92. The van der Waals surface area contributed by atoms with E-state index in [2.05, 4.69) is 16.0 Å². The van der Waals surface area contributed by atoms with E-state index in [1.54, 1.807) is 36.4 Å². The van der Waals surface area contributed by atoms with Crippen molar-refractivity contribution in [3.05, 3.63) is 59.7 Å². The SMILES string of the molecule is NC(=O)[C@H]1CSCCSC[C@@H](NC(=O)[C@@H](N)Cc2ccc(O)cc2)C(=O)N[C@@H](Cc2ccc(N)cc2)C(=O)N1. The van der Waals surface area contributed by atoms with Crippen molar-refractivity contribution in [2.24, 2.45) is 11.5 Å². The van der Waals surface area contributed by atoms with Gasteiger partial charge in [-0.3, -0.25) is 19.2 Å². The van der Waals surface area contributed by atoms with Gasteiger partial charge in [-0.25, -0.2) is 0 Å². The number of anilines is 1. The molecule has 210 valence electrons. The molecule has 2 aromatic carbocycles. The van der Waals surface area contributed by atoms with E-state index in [0.717, 1.165) is 11.1 Å². The fraction of sp³-hybridized carbons (Fsp3) is 0.385. The van der Waals surface area contributed by atoms with E-state index < -0.39 is 47.8 Å². The molecule has 10 N–H and O–H groups in total. The van der Waals surface area contributed by atoms with E-state index in [9.17, 15) is 24.3 Å². The molecule has 0 spiro atoms. The standard InChI is InChI=1S/C26H34N6O5S2/c27-17-5-1-16(2-6-17)12-20-25(36)31-21(23(29)34)13-38-9-10-39-14-22(26(37)30-20)32-24(35)19(28)11-15-3-7-18(33)8-4-15/h1-8,19-22,33H,9-14,27-28H2,(H2,29,34)(H,30,37)(H,31,36)(H,32,35)/t19-,20-,21+,22+/m0/s1. The minimum Gasteiger partial charge on any atom is -0.508 e. The molecule has 2 aromatic rings. The van der Waals surface area contributed by atoms with Crippen molar-refractivity contribution < 1.29 is 24.3 Å². The number of rotatable bonds is 7. The summed E-state index contributed by atoms with van der Waals surface area (Å²) in [5.41, 5.74) is 19.4. The second-order valence-corrected chi connectivity index (χ2v) is 11.5. The number of nitrogens with two attached hydrogens (primary N) is 3. The minimum absolute atomic E-state index is 0.104. The summed E-state index contributed by atoms with van der Waals surface area (Å²) in [6.07, 6.45) is 0.339. The van der Waals surface area contributed by atoms with E-state index in [1.165, 1.54) is 35.7 Å². The van der Waals surface area contributed by atoms with Gasteiger partial charge in [-0.1, -0.05) is 24.3 Å². The number of primary amides is 1. The van der Waals surface area contributed by atoms with Crippen LogP contribution in [-0.2, 0) is 32.0 Å². The normalized spacial score (nSPS) is 21.7. The molecular formula is C26H34N6O5S2. The molecule has 0 bridgehead atoms. The van der Waals surface area contributed by atoms with Gasteiger partial charge in [-0.15, -0.1) is 0 Å². The first-order chi connectivity index (χ1) is 18.6. The lowest BCUT2D eigenvalue weighted by atomic mass is 10.0. The number of phenolic OH excluding ortho intramolecular Hbond substituents is 1. The van der Waals surface area contributed by atoms with Crippen molar-refractivity contribution in [3.63, 3.8) is 0 Å². The third kappa shape index (κ3) is 9.68. The Labute approximate surface area is 235 Å². The molecule has 39 heavy (non-hydrogen) atoms. The summed E-state index contributed by atoms with van der Waals surface area (Å²) in [6, 6.07) is 9.40. The summed E-state index contributed by atoms with van der Waals surface area (Å²) in [6.45, 7) is 0. The Balaban J connectivity index is 1.77. The van der Waals surface area contributed by atoms with Gasteiger partial charge in [0.15, 0.2) is 0 Å².